The number of nitrogens with zero attached hydrogens (tertiary/aromatic N) is 3. The number of hydrogen-bond acceptors (Lipinski definition) is 5. The van der Waals surface area contributed by atoms with Crippen molar-refractivity contribution in [3.8, 4) is 11.9 Å². The fourth-order valence-corrected chi connectivity index (χ4v) is 2.24. The molecule has 0 aliphatic heterocycles. The van der Waals surface area contributed by atoms with Crippen LogP contribution in [0.15, 0.2) is 29.4 Å². The van der Waals surface area contributed by atoms with Crippen LogP contribution in [0, 0.1) is 11.3 Å². The Balaban J connectivity index is 2.18. The minimum atomic E-state index is -4.39. The van der Waals surface area contributed by atoms with Crippen LogP contribution in [-0.2, 0) is 12.8 Å². The third-order valence-corrected chi connectivity index (χ3v) is 3.58. The summed E-state index contributed by atoms with van der Waals surface area (Å²) in [5.74, 6) is -0.00301. The fourth-order valence-electron chi connectivity index (χ4n) is 1.63. The van der Waals surface area contributed by atoms with Crippen molar-refractivity contribution >= 4 is 23.4 Å². The summed E-state index contributed by atoms with van der Waals surface area (Å²) in [6, 6.07) is 6.36. The van der Waals surface area contributed by atoms with Crippen LogP contribution in [0.2, 0.25) is 5.15 Å². The first-order chi connectivity index (χ1) is 10.8. The first kappa shape index (κ1) is 17.4. The van der Waals surface area contributed by atoms with E-state index in [9.17, 15) is 13.2 Å². The Morgan fingerprint density at radius 2 is 1.91 bits per heavy atom. The zero-order valence-corrected chi connectivity index (χ0v) is 13.3. The van der Waals surface area contributed by atoms with E-state index < -0.39 is 11.7 Å². The van der Waals surface area contributed by atoms with Crippen LogP contribution in [0.25, 0.3) is 0 Å². The van der Waals surface area contributed by atoms with E-state index in [1.807, 2.05) is 6.07 Å². The number of nitriles is 1. The fraction of sp³-hybridized carbons (Fsp3) is 0.214. The van der Waals surface area contributed by atoms with Gasteiger partial charge in [-0.15, -0.1) is 0 Å². The predicted octanol–water partition coefficient (Wildman–Crippen LogP) is 4.32. The van der Waals surface area contributed by atoms with Gasteiger partial charge >= 0.3 is 6.18 Å². The number of benzene rings is 1. The second-order valence-electron chi connectivity index (χ2n) is 4.28. The van der Waals surface area contributed by atoms with E-state index in [4.69, 9.17) is 21.6 Å². The molecule has 0 atom stereocenters. The number of thioether (sulfide) groups is 1. The Bertz CT molecular complexity index is 745. The van der Waals surface area contributed by atoms with Crippen LogP contribution in [0.5, 0.6) is 5.88 Å². The number of ether oxygens (including phenoxy) is 1. The molecule has 0 saturated heterocycles. The summed E-state index contributed by atoms with van der Waals surface area (Å²) in [6.07, 6.45) is -2.65. The minimum Gasteiger partial charge on any atom is -0.472 e. The highest BCUT2D eigenvalue weighted by Crippen LogP contribution is 2.29. The van der Waals surface area contributed by atoms with Crippen LogP contribution in [-0.4, -0.2) is 16.2 Å². The van der Waals surface area contributed by atoms with E-state index in [1.165, 1.54) is 23.9 Å². The molecular formula is C14H9ClF3N3OS. The van der Waals surface area contributed by atoms with E-state index >= 15 is 0 Å². The summed E-state index contributed by atoms with van der Waals surface area (Å²) in [5, 5.41) is 9.36. The largest absolute Gasteiger partial charge is 0.472 e. The summed E-state index contributed by atoms with van der Waals surface area (Å²) < 4.78 is 42.9. The third kappa shape index (κ3) is 4.27. The Labute approximate surface area is 139 Å². The summed E-state index contributed by atoms with van der Waals surface area (Å²) in [7, 11) is 0. The van der Waals surface area contributed by atoms with Crippen LogP contribution < -0.4 is 4.74 Å². The Hall–Kier alpha value is -1.98. The number of alkyl halides is 3. The molecule has 1 aromatic heterocycles. The van der Waals surface area contributed by atoms with Gasteiger partial charge in [-0.3, -0.25) is 0 Å². The molecule has 2 rings (SSSR count). The number of aromatic nitrogens is 2. The molecule has 9 heteroatoms. The van der Waals surface area contributed by atoms with Crippen molar-refractivity contribution in [1.29, 1.82) is 5.26 Å². The van der Waals surface area contributed by atoms with E-state index in [2.05, 4.69) is 9.97 Å². The van der Waals surface area contributed by atoms with Gasteiger partial charge in [0, 0.05) is 0 Å². The third-order valence-electron chi connectivity index (χ3n) is 2.76. The average Bonchev–Trinajstić information content (AvgIpc) is 2.52. The summed E-state index contributed by atoms with van der Waals surface area (Å²) in [4.78, 5) is 7.94. The van der Waals surface area contributed by atoms with E-state index in [0.717, 1.165) is 12.1 Å². The second-order valence-corrected chi connectivity index (χ2v) is 5.41. The van der Waals surface area contributed by atoms with Crippen LogP contribution in [0.1, 0.15) is 16.7 Å². The molecule has 0 aliphatic rings. The van der Waals surface area contributed by atoms with E-state index in [-0.39, 0.29) is 23.2 Å². The Morgan fingerprint density at radius 3 is 2.43 bits per heavy atom. The zero-order valence-electron chi connectivity index (χ0n) is 11.7. The molecular weight excluding hydrogens is 351 g/mol. The molecule has 4 nitrogen and oxygen atoms in total. The van der Waals surface area contributed by atoms with Gasteiger partial charge in [0.15, 0.2) is 15.9 Å². The van der Waals surface area contributed by atoms with Gasteiger partial charge in [0.25, 0.3) is 0 Å². The van der Waals surface area contributed by atoms with Crippen molar-refractivity contribution in [2.24, 2.45) is 0 Å². The minimum absolute atomic E-state index is 0.00301. The molecule has 0 N–H and O–H groups in total. The van der Waals surface area contributed by atoms with Gasteiger partial charge in [-0.05, 0) is 24.0 Å². The standard InChI is InChI=1S/C14H9ClF3N3OS/c1-23-13-20-11(15)10(6-19)12(21-13)22-7-8-2-4-9(5-3-8)14(16,17)18/h2-5H,7H2,1H3. The number of hydrogen-bond donors (Lipinski definition) is 0. The maximum atomic E-state index is 12.5. The number of rotatable bonds is 4. The summed E-state index contributed by atoms with van der Waals surface area (Å²) in [5.41, 5.74) is -0.257. The van der Waals surface area contributed by atoms with Crippen LogP contribution in [0.3, 0.4) is 0 Å². The second kappa shape index (κ2) is 7.06. The molecule has 0 spiro atoms. The van der Waals surface area contributed by atoms with Crippen molar-refractivity contribution < 1.29 is 17.9 Å². The van der Waals surface area contributed by atoms with Crippen LogP contribution in [0.4, 0.5) is 13.2 Å². The zero-order chi connectivity index (χ0) is 17.0. The van der Waals surface area contributed by atoms with Gasteiger partial charge in [-0.1, -0.05) is 35.5 Å². The molecule has 0 aliphatic carbocycles. The lowest BCUT2D eigenvalue weighted by molar-refractivity contribution is -0.137. The van der Waals surface area contributed by atoms with Gasteiger partial charge in [0.2, 0.25) is 5.88 Å². The van der Waals surface area contributed by atoms with Crippen molar-refractivity contribution in [1.82, 2.24) is 9.97 Å². The van der Waals surface area contributed by atoms with Gasteiger partial charge in [-0.25, -0.2) is 4.98 Å². The van der Waals surface area contributed by atoms with Gasteiger partial charge in [0.05, 0.1) is 5.56 Å². The molecule has 120 valence electrons. The molecule has 1 aromatic carbocycles. The molecule has 2 aromatic rings. The van der Waals surface area contributed by atoms with Crippen LogP contribution >= 0.6 is 23.4 Å². The van der Waals surface area contributed by atoms with Gasteiger partial charge in [0.1, 0.15) is 12.7 Å². The lowest BCUT2D eigenvalue weighted by Gasteiger charge is -2.10. The molecule has 0 unspecified atom stereocenters. The lowest BCUT2D eigenvalue weighted by atomic mass is 10.1. The first-order valence-electron chi connectivity index (χ1n) is 6.15. The highest BCUT2D eigenvalue weighted by Gasteiger charge is 2.29. The maximum absolute atomic E-state index is 12.5. The maximum Gasteiger partial charge on any atom is 0.416 e. The van der Waals surface area contributed by atoms with Gasteiger partial charge < -0.3 is 4.74 Å². The molecule has 0 amide bonds. The van der Waals surface area contributed by atoms with Crippen molar-refractivity contribution in [2.45, 2.75) is 17.9 Å². The predicted molar refractivity (Wildman–Crippen MR) is 79.3 cm³/mol. The molecule has 23 heavy (non-hydrogen) atoms. The lowest BCUT2D eigenvalue weighted by Crippen LogP contribution is -2.06. The Morgan fingerprint density at radius 1 is 1.26 bits per heavy atom. The smallest absolute Gasteiger partial charge is 0.416 e. The van der Waals surface area contributed by atoms with E-state index in [1.54, 1.807) is 6.26 Å². The molecule has 1 heterocycles. The van der Waals surface area contributed by atoms with Crippen molar-refractivity contribution in [3.05, 3.63) is 46.1 Å². The Kier molecular flexibility index (Phi) is 5.34. The molecule has 0 saturated carbocycles. The molecule has 0 radical (unpaired) electrons. The first-order valence-corrected chi connectivity index (χ1v) is 7.76. The molecule has 0 fully saturated rings. The quantitative estimate of drug-likeness (QED) is 0.462. The van der Waals surface area contributed by atoms with Crippen molar-refractivity contribution in [3.63, 3.8) is 0 Å². The monoisotopic (exact) mass is 359 g/mol. The molecule has 0 bridgehead atoms. The summed E-state index contributed by atoms with van der Waals surface area (Å²) >= 11 is 7.10. The number of halogens is 4. The highest BCUT2D eigenvalue weighted by molar-refractivity contribution is 7.98. The topological polar surface area (TPSA) is 58.8 Å². The highest BCUT2D eigenvalue weighted by atomic mass is 35.5. The van der Waals surface area contributed by atoms with E-state index in [0.29, 0.717) is 10.7 Å². The normalized spacial score (nSPS) is 11.1. The van der Waals surface area contributed by atoms with Gasteiger partial charge in [-0.2, -0.15) is 23.4 Å². The average molecular weight is 360 g/mol. The van der Waals surface area contributed by atoms with Crippen molar-refractivity contribution in [2.75, 3.05) is 6.26 Å². The SMILES string of the molecule is CSc1nc(Cl)c(C#N)c(OCc2ccc(C(F)(F)F)cc2)n1. The summed E-state index contributed by atoms with van der Waals surface area (Å²) in [6.45, 7) is -0.0476.